The van der Waals surface area contributed by atoms with Gasteiger partial charge in [0.1, 0.15) is 0 Å². The van der Waals surface area contributed by atoms with Crippen molar-refractivity contribution in [1.29, 1.82) is 0 Å². The summed E-state index contributed by atoms with van der Waals surface area (Å²) in [4.78, 5) is 11.3. The van der Waals surface area contributed by atoms with Crippen LogP contribution in [-0.2, 0) is 0 Å². The minimum Gasteiger partial charge on any atom is -0.490 e. The Bertz CT molecular complexity index is 333. The van der Waals surface area contributed by atoms with E-state index in [1.807, 2.05) is 0 Å². The second-order valence-corrected chi connectivity index (χ2v) is 2.75. The number of benzene rings is 1. The molecule has 2 N–H and O–H groups in total. The number of hydrogen-bond donors (Lipinski definition) is 1. The van der Waals surface area contributed by atoms with Crippen molar-refractivity contribution in [3.05, 3.63) is 23.8 Å². The number of rotatable bonds is 0. The summed E-state index contributed by atoms with van der Waals surface area (Å²) in [5.74, 6) is 0.664. The predicted molar refractivity (Wildman–Crippen MR) is 45.3 cm³/mol. The molecular weight excluding hydrogens is 154 g/mol. The first-order valence-corrected chi connectivity index (χ1v) is 3.83. The van der Waals surface area contributed by atoms with Crippen LogP contribution in [0.1, 0.15) is 16.8 Å². The zero-order valence-corrected chi connectivity index (χ0v) is 6.54. The van der Waals surface area contributed by atoms with Gasteiger partial charge in [0.2, 0.25) is 0 Å². The predicted octanol–water partition coefficient (Wildman–Crippen LogP) is 1.23. The van der Waals surface area contributed by atoms with Gasteiger partial charge in [-0.3, -0.25) is 4.79 Å². The molecule has 3 heteroatoms. The lowest BCUT2D eigenvalue weighted by Crippen LogP contribution is -2.16. The van der Waals surface area contributed by atoms with Crippen molar-refractivity contribution < 1.29 is 9.53 Å². The van der Waals surface area contributed by atoms with Crippen molar-refractivity contribution in [1.82, 2.24) is 0 Å². The second kappa shape index (κ2) is 2.52. The molecule has 62 valence electrons. The van der Waals surface area contributed by atoms with Crippen LogP contribution in [0.3, 0.4) is 0 Å². The zero-order valence-electron chi connectivity index (χ0n) is 6.54. The van der Waals surface area contributed by atoms with E-state index in [1.165, 1.54) is 0 Å². The fourth-order valence-electron chi connectivity index (χ4n) is 1.32. The summed E-state index contributed by atoms with van der Waals surface area (Å²) in [7, 11) is 0. The molecular formula is C9H9NO2. The second-order valence-electron chi connectivity index (χ2n) is 2.75. The molecule has 0 spiro atoms. The van der Waals surface area contributed by atoms with E-state index in [4.69, 9.17) is 10.5 Å². The molecule has 0 radical (unpaired) electrons. The Morgan fingerprint density at radius 2 is 2.25 bits per heavy atom. The Kier molecular flexibility index (Phi) is 1.50. The quantitative estimate of drug-likeness (QED) is 0.585. The highest BCUT2D eigenvalue weighted by molar-refractivity contribution is 6.01. The van der Waals surface area contributed by atoms with Gasteiger partial charge < -0.3 is 10.5 Å². The Balaban J connectivity index is 2.59. The van der Waals surface area contributed by atoms with Gasteiger partial charge >= 0.3 is 0 Å². The molecule has 0 aromatic heterocycles. The maximum absolute atomic E-state index is 11.3. The van der Waals surface area contributed by atoms with Crippen molar-refractivity contribution in [2.45, 2.75) is 6.42 Å². The van der Waals surface area contributed by atoms with Crippen molar-refractivity contribution in [3.8, 4) is 5.75 Å². The molecule has 0 atom stereocenters. The van der Waals surface area contributed by atoms with E-state index in [0.717, 1.165) is 0 Å². The van der Waals surface area contributed by atoms with Gasteiger partial charge in [0.25, 0.3) is 0 Å². The van der Waals surface area contributed by atoms with Crippen LogP contribution in [0.5, 0.6) is 5.75 Å². The lowest BCUT2D eigenvalue weighted by atomic mass is 10.0. The molecule has 0 amide bonds. The lowest BCUT2D eigenvalue weighted by Gasteiger charge is -2.17. The minimum atomic E-state index is 0.114. The smallest absolute Gasteiger partial charge is 0.170 e. The van der Waals surface area contributed by atoms with Gasteiger partial charge in [0, 0.05) is 6.42 Å². The van der Waals surface area contributed by atoms with Gasteiger partial charge in [-0.05, 0) is 12.1 Å². The number of carbonyl (C=O) groups is 1. The van der Waals surface area contributed by atoms with E-state index >= 15 is 0 Å². The van der Waals surface area contributed by atoms with Gasteiger partial charge in [-0.15, -0.1) is 0 Å². The fraction of sp³-hybridized carbons (Fsp3) is 0.222. The number of nitrogens with two attached hydrogens (primary N) is 1. The van der Waals surface area contributed by atoms with Crippen LogP contribution in [-0.4, -0.2) is 12.4 Å². The summed E-state index contributed by atoms with van der Waals surface area (Å²) in [6.07, 6.45) is 0.455. The van der Waals surface area contributed by atoms with Gasteiger partial charge in [0.05, 0.1) is 17.9 Å². The van der Waals surface area contributed by atoms with E-state index in [9.17, 15) is 4.79 Å². The fourth-order valence-corrected chi connectivity index (χ4v) is 1.32. The molecule has 0 saturated heterocycles. The lowest BCUT2D eigenvalue weighted by molar-refractivity contribution is 0.0934. The number of para-hydroxylation sites is 1. The number of carbonyl (C=O) groups excluding carboxylic acids is 1. The maximum atomic E-state index is 11.3. The Hall–Kier alpha value is -1.51. The number of ketones is 1. The number of fused-ring (bicyclic) bond motifs is 1. The van der Waals surface area contributed by atoms with Gasteiger partial charge in [-0.2, -0.15) is 0 Å². The summed E-state index contributed by atoms with van der Waals surface area (Å²) in [6, 6.07) is 5.24. The van der Waals surface area contributed by atoms with Crippen molar-refractivity contribution >= 4 is 11.5 Å². The van der Waals surface area contributed by atoms with E-state index < -0.39 is 0 Å². The van der Waals surface area contributed by atoms with E-state index in [-0.39, 0.29) is 5.78 Å². The number of nitrogen functional groups attached to an aromatic ring is 1. The Morgan fingerprint density at radius 3 is 3.00 bits per heavy atom. The first kappa shape index (κ1) is 7.16. The van der Waals surface area contributed by atoms with Crippen molar-refractivity contribution in [3.63, 3.8) is 0 Å². The number of anilines is 1. The number of ether oxygens (including phenoxy) is 1. The summed E-state index contributed by atoms with van der Waals surface area (Å²) in [6.45, 7) is 0.444. The first-order chi connectivity index (χ1) is 5.79. The van der Waals surface area contributed by atoms with Crippen LogP contribution < -0.4 is 10.5 Å². The monoisotopic (exact) mass is 163 g/mol. The van der Waals surface area contributed by atoms with Crippen LogP contribution >= 0.6 is 0 Å². The van der Waals surface area contributed by atoms with E-state index in [0.29, 0.717) is 30.0 Å². The molecule has 1 aliphatic rings. The van der Waals surface area contributed by atoms with Crippen molar-refractivity contribution in [2.75, 3.05) is 12.3 Å². The van der Waals surface area contributed by atoms with Gasteiger partial charge in [-0.25, -0.2) is 0 Å². The third-order valence-corrected chi connectivity index (χ3v) is 1.92. The maximum Gasteiger partial charge on any atom is 0.170 e. The largest absolute Gasteiger partial charge is 0.490 e. The summed E-state index contributed by atoms with van der Waals surface area (Å²) < 4.78 is 5.28. The Morgan fingerprint density at radius 1 is 1.42 bits per heavy atom. The van der Waals surface area contributed by atoms with E-state index in [1.54, 1.807) is 18.2 Å². The highest BCUT2D eigenvalue weighted by atomic mass is 16.5. The zero-order chi connectivity index (χ0) is 8.55. The first-order valence-electron chi connectivity index (χ1n) is 3.83. The molecule has 1 aromatic rings. The molecule has 1 aliphatic heterocycles. The standard InChI is InChI=1S/C9H9NO2/c10-7-3-1-2-6-8(11)4-5-12-9(6)7/h1-3H,4-5,10H2. The van der Waals surface area contributed by atoms with E-state index in [2.05, 4.69) is 0 Å². The van der Waals surface area contributed by atoms with Crippen LogP contribution in [0.25, 0.3) is 0 Å². The molecule has 1 heterocycles. The SMILES string of the molecule is Nc1cccc2c1OCCC2=O. The third-order valence-electron chi connectivity index (χ3n) is 1.92. The van der Waals surface area contributed by atoms with Crippen LogP contribution in [0.4, 0.5) is 5.69 Å². The minimum absolute atomic E-state index is 0.114. The average molecular weight is 163 g/mol. The van der Waals surface area contributed by atoms with Crippen LogP contribution in [0.15, 0.2) is 18.2 Å². The number of hydrogen-bond acceptors (Lipinski definition) is 3. The third kappa shape index (κ3) is 0.942. The van der Waals surface area contributed by atoms with Crippen molar-refractivity contribution in [2.24, 2.45) is 0 Å². The highest BCUT2D eigenvalue weighted by Crippen LogP contribution is 2.30. The summed E-state index contributed by atoms with van der Waals surface area (Å²) in [5, 5.41) is 0. The molecule has 1 aromatic carbocycles. The van der Waals surface area contributed by atoms with Crippen LogP contribution in [0.2, 0.25) is 0 Å². The topological polar surface area (TPSA) is 52.3 Å². The molecule has 0 fully saturated rings. The Labute approximate surface area is 70.1 Å². The molecule has 0 aliphatic carbocycles. The highest BCUT2D eigenvalue weighted by Gasteiger charge is 2.19. The molecule has 12 heavy (non-hydrogen) atoms. The van der Waals surface area contributed by atoms with Crippen LogP contribution in [0, 0.1) is 0 Å². The summed E-state index contributed by atoms with van der Waals surface area (Å²) in [5.41, 5.74) is 6.78. The average Bonchev–Trinajstić information content (AvgIpc) is 2.07. The summed E-state index contributed by atoms with van der Waals surface area (Å²) >= 11 is 0. The number of Topliss-reactive ketones (excluding diaryl/α,β-unsaturated/α-hetero) is 1. The normalized spacial score (nSPS) is 15.2. The molecule has 3 nitrogen and oxygen atoms in total. The van der Waals surface area contributed by atoms with Gasteiger partial charge in [0.15, 0.2) is 11.5 Å². The molecule has 0 saturated carbocycles. The molecule has 0 bridgehead atoms. The molecule has 2 rings (SSSR count). The van der Waals surface area contributed by atoms with Gasteiger partial charge in [-0.1, -0.05) is 6.07 Å². The molecule has 0 unspecified atom stereocenters.